The normalized spacial score (nSPS) is 11.4. The van der Waals surface area contributed by atoms with Crippen LogP contribution in [0.15, 0.2) is 176 Å². The number of hydrogen-bond acceptors (Lipinski definition) is 2. The lowest BCUT2D eigenvalue weighted by Gasteiger charge is -2.13. The van der Waals surface area contributed by atoms with Crippen LogP contribution in [0.5, 0.6) is 0 Å². The maximum absolute atomic E-state index is 4.75. The third kappa shape index (κ3) is 4.77. The SMILES string of the molecule is c1ccc(-c2cc(-c3ccc(-c4ccc(-n5c6ccccc6c6ccccc65)cc4)cc3)cc(-c3ncnc4ccccc34)c2)cc1. The average Bonchev–Trinajstić information content (AvgIpc) is 3.49. The first-order valence-corrected chi connectivity index (χ1v) is 15.9. The van der Waals surface area contributed by atoms with Crippen molar-refractivity contribution in [3.63, 3.8) is 0 Å². The minimum Gasteiger partial charge on any atom is -0.309 e. The van der Waals surface area contributed by atoms with Crippen molar-refractivity contribution < 1.29 is 0 Å². The van der Waals surface area contributed by atoms with Crippen molar-refractivity contribution in [2.45, 2.75) is 0 Å². The molecule has 220 valence electrons. The van der Waals surface area contributed by atoms with Gasteiger partial charge in [-0.15, -0.1) is 0 Å². The van der Waals surface area contributed by atoms with E-state index < -0.39 is 0 Å². The number of hydrogen-bond donors (Lipinski definition) is 0. The predicted octanol–water partition coefficient (Wildman–Crippen LogP) is 11.4. The fourth-order valence-electron chi connectivity index (χ4n) is 6.82. The summed E-state index contributed by atoms with van der Waals surface area (Å²) in [7, 11) is 0. The van der Waals surface area contributed by atoms with Crippen LogP contribution in [0.1, 0.15) is 0 Å². The molecule has 0 spiro atoms. The Morgan fingerprint density at radius 3 is 1.45 bits per heavy atom. The fourth-order valence-corrected chi connectivity index (χ4v) is 6.82. The minimum atomic E-state index is 0.939. The highest BCUT2D eigenvalue weighted by Gasteiger charge is 2.13. The van der Waals surface area contributed by atoms with Gasteiger partial charge in [0, 0.05) is 27.4 Å². The van der Waals surface area contributed by atoms with Gasteiger partial charge in [-0.1, -0.05) is 121 Å². The average molecular weight is 600 g/mol. The molecule has 2 aromatic heterocycles. The maximum Gasteiger partial charge on any atom is 0.116 e. The van der Waals surface area contributed by atoms with Crippen LogP contribution in [-0.2, 0) is 0 Å². The Balaban J connectivity index is 1.09. The zero-order chi connectivity index (χ0) is 31.2. The molecule has 0 N–H and O–H groups in total. The molecule has 3 nitrogen and oxygen atoms in total. The number of para-hydroxylation sites is 3. The second-order valence-electron chi connectivity index (χ2n) is 11.9. The van der Waals surface area contributed by atoms with E-state index in [4.69, 9.17) is 4.98 Å². The van der Waals surface area contributed by atoms with Gasteiger partial charge in [-0.2, -0.15) is 0 Å². The topological polar surface area (TPSA) is 30.7 Å². The van der Waals surface area contributed by atoms with Crippen molar-refractivity contribution in [3.8, 4) is 50.3 Å². The Kier molecular flexibility index (Phi) is 6.46. The van der Waals surface area contributed by atoms with Crippen molar-refractivity contribution in [2.24, 2.45) is 0 Å². The molecule has 0 atom stereocenters. The van der Waals surface area contributed by atoms with Crippen LogP contribution in [0.4, 0.5) is 0 Å². The summed E-state index contributed by atoms with van der Waals surface area (Å²) in [5.41, 5.74) is 13.6. The van der Waals surface area contributed by atoms with Gasteiger partial charge in [-0.3, -0.25) is 0 Å². The van der Waals surface area contributed by atoms with Gasteiger partial charge in [0.05, 0.1) is 22.2 Å². The molecule has 47 heavy (non-hydrogen) atoms. The summed E-state index contributed by atoms with van der Waals surface area (Å²) in [6, 6.07) is 60.6. The molecule has 0 aliphatic rings. The van der Waals surface area contributed by atoms with E-state index in [1.54, 1.807) is 6.33 Å². The van der Waals surface area contributed by atoms with E-state index in [9.17, 15) is 0 Å². The van der Waals surface area contributed by atoms with E-state index in [-0.39, 0.29) is 0 Å². The summed E-state index contributed by atoms with van der Waals surface area (Å²) >= 11 is 0. The summed E-state index contributed by atoms with van der Waals surface area (Å²) in [5.74, 6) is 0. The van der Waals surface area contributed by atoms with Crippen LogP contribution >= 0.6 is 0 Å². The fraction of sp³-hybridized carbons (Fsp3) is 0. The first-order chi connectivity index (χ1) is 23.3. The number of benzene rings is 7. The Morgan fingerprint density at radius 1 is 0.340 bits per heavy atom. The molecular formula is C44H29N3. The van der Waals surface area contributed by atoms with Gasteiger partial charge in [-0.05, 0) is 81.9 Å². The highest BCUT2D eigenvalue weighted by molar-refractivity contribution is 6.09. The molecule has 0 radical (unpaired) electrons. The van der Waals surface area contributed by atoms with Crippen molar-refractivity contribution >= 4 is 32.7 Å². The van der Waals surface area contributed by atoms with E-state index in [1.807, 2.05) is 18.2 Å². The van der Waals surface area contributed by atoms with E-state index in [0.29, 0.717) is 0 Å². The largest absolute Gasteiger partial charge is 0.309 e. The zero-order valence-electron chi connectivity index (χ0n) is 25.6. The van der Waals surface area contributed by atoms with Crippen LogP contribution in [0.3, 0.4) is 0 Å². The zero-order valence-corrected chi connectivity index (χ0v) is 25.6. The molecule has 0 bridgehead atoms. The molecule has 0 unspecified atom stereocenters. The molecular weight excluding hydrogens is 571 g/mol. The number of aromatic nitrogens is 3. The predicted molar refractivity (Wildman–Crippen MR) is 196 cm³/mol. The third-order valence-corrected chi connectivity index (χ3v) is 9.11. The van der Waals surface area contributed by atoms with Gasteiger partial charge in [0.15, 0.2) is 0 Å². The monoisotopic (exact) mass is 599 g/mol. The lowest BCUT2D eigenvalue weighted by atomic mass is 9.93. The van der Waals surface area contributed by atoms with Gasteiger partial charge in [0.1, 0.15) is 6.33 Å². The lowest BCUT2D eigenvalue weighted by molar-refractivity contribution is 1.18. The standard InChI is InChI=1S/C44H29N3/c1-2-10-30(11-3-1)34-26-35(28-36(27-34)44-40-14-4-7-15-41(40)45-29-46-44)33-20-18-31(19-21-33)32-22-24-37(25-23-32)47-42-16-8-5-12-38(42)39-13-6-9-17-43(39)47/h1-29H. The third-order valence-electron chi connectivity index (χ3n) is 9.11. The summed E-state index contributed by atoms with van der Waals surface area (Å²) in [6.07, 6.45) is 1.66. The summed E-state index contributed by atoms with van der Waals surface area (Å²) < 4.78 is 2.36. The van der Waals surface area contributed by atoms with Crippen LogP contribution in [0, 0.1) is 0 Å². The van der Waals surface area contributed by atoms with E-state index in [1.165, 1.54) is 38.5 Å². The van der Waals surface area contributed by atoms with Crippen LogP contribution in [0.2, 0.25) is 0 Å². The maximum atomic E-state index is 4.75. The molecule has 9 rings (SSSR count). The molecule has 0 aliphatic carbocycles. The molecule has 3 heteroatoms. The lowest BCUT2D eigenvalue weighted by Crippen LogP contribution is -1.93. The molecule has 0 saturated carbocycles. The smallest absolute Gasteiger partial charge is 0.116 e. The van der Waals surface area contributed by atoms with Crippen molar-refractivity contribution in [1.29, 1.82) is 0 Å². The summed E-state index contributed by atoms with van der Waals surface area (Å²) in [4.78, 5) is 9.25. The summed E-state index contributed by atoms with van der Waals surface area (Å²) in [6.45, 7) is 0. The number of fused-ring (bicyclic) bond motifs is 4. The molecule has 0 saturated heterocycles. The Hall–Kier alpha value is -6.32. The molecule has 0 aliphatic heterocycles. The Morgan fingerprint density at radius 2 is 0.809 bits per heavy atom. The quantitative estimate of drug-likeness (QED) is 0.197. The van der Waals surface area contributed by atoms with Gasteiger partial charge < -0.3 is 4.57 Å². The van der Waals surface area contributed by atoms with Crippen LogP contribution < -0.4 is 0 Å². The molecule has 9 aromatic rings. The minimum absolute atomic E-state index is 0.939. The highest BCUT2D eigenvalue weighted by atomic mass is 15.0. The van der Waals surface area contributed by atoms with Gasteiger partial charge in [0.2, 0.25) is 0 Å². The van der Waals surface area contributed by atoms with Gasteiger partial charge >= 0.3 is 0 Å². The summed E-state index contributed by atoms with van der Waals surface area (Å²) in [5, 5.41) is 3.59. The van der Waals surface area contributed by atoms with Gasteiger partial charge in [0.25, 0.3) is 0 Å². The number of nitrogens with zero attached hydrogens (tertiary/aromatic N) is 3. The Bertz CT molecular complexity index is 2490. The second kappa shape index (κ2) is 11.2. The highest BCUT2D eigenvalue weighted by Crippen LogP contribution is 2.36. The van der Waals surface area contributed by atoms with Gasteiger partial charge in [-0.25, -0.2) is 9.97 Å². The van der Waals surface area contributed by atoms with Crippen LogP contribution in [-0.4, -0.2) is 14.5 Å². The van der Waals surface area contributed by atoms with Crippen molar-refractivity contribution in [1.82, 2.24) is 14.5 Å². The van der Waals surface area contributed by atoms with Crippen molar-refractivity contribution in [3.05, 3.63) is 176 Å². The molecule has 0 fully saturated rings. The van der Waals surface area contributed by atoms with Crippen molar-refractivity contribution in [2.75, 3.05) is 0 Å². The van der Waals surface area contributed by atoms with E-state index >= 15 is 0 Å². The number of rotatable bonds is 5. The first kappa shape index (κ1) is 27.0. The molecule has 0 amide bonds. The van der Waals surface area contributed by atoms with E-state index in [0.717, 1.165) is 44.5 Å². The first-order valence-electron chi connectivity index (χ1n) is 15.9. The van der Waals surface area contributed by atoms with E-state index in [2.05, 4.69) is 161 Å². The second-order valence-corrected chi connectivity index (χ2v) is 11.9. The molecule has 7 aromatic carbocycles. The Labute approximate surface area is 273 Å². The molecule has 2 heterocycles. The van der Waals surface area contributed by atoms with Crippen LogP contribution in [0.25, 0.3) is 83.0 Å².